The summed E-state index contributed by atoms with van der Waals surface area (Å²) < 4.78 is 18.4. The molecule has 1 amide bonds. The number of amides is 1. The lowest BCUT2D eigenvalue weighted by atomic mass is 10.1. The van der Waals surface area contributed by atoms with E-state index in [1.54, 1.807) is 26.2 Å². The van der Waals surface area contributed by atoms with Gasteiger partial charge in [0.1, 0.15) is 11.6 Å². The number of halogens is 1. The molecule has 1 N–H and O–H groups in total. The Morgan fingerprint density at radius 3 is 2.71 bits per heavy atom. The molecule has 128 valence electrons. The fourth-order valence-corrected chi connectivity index (χ4v) is 2.46. The van der Waals surface area contributed by atoms with Crippen LogP contribution in [-0.4, -0.2) is 31.5 Å². The van der Waals surface area contributed by atoms with Crippen LogP contribution in [-0.2, 0) is 17.9 Å². The number of aryl methyl sites for hydroxylation is 1. The van der Waals surface area contributed by atoms with Gasteiger partial charge in [0, 0.05) is 13.1 Å². The van der Waals surface area contributed by atoms with E-state index in [1.165, 1.54) is 6.07 Å². The van der Waals surface area contributed by atoms with E-state index < -0.39 is 0 Å². The molecule has 0 bridgehead atoms. The van der Waals surface area contributed by atoms with Gasteiger partial charge in [-0.15, -0.1) is 0 Å². The van der Waals surface area contributed by atoms with Crippen LogP contribution in [0.25, 0.3) is 0 Å². The lowest BCUT2D eigenvalue weighted by Crippen LogP contribution is -2.34. The first kappa shape index (κ1) is 17.9. The Kier molecular flexibility index (Phi) is 6.32. The van der Waals surface area contributed by atoms with Crippen LogP contribution >= 0.6 is 0 Å². The zero-order valence-electron chi connectivity index (χ0n) is 14.3. The van der Waals surface area contributed by atoms with Crippen molar-refractivity contribution >= 4 is 5.91 Å². The molecule has 0 saturated carbocycles. The lowest BCUT2D eigenvalue weighted by Gasteiger charge is -2.17. The van der Waals surface area contributed by atoms with Crippen LogP contribution in [0.5, 0.6) is 5.75 Å². The van der Waals surface area contributed by atoms with Gasteiger partial charge in [-0.1, -0.05) is 24.3 Å². The molecule has 0 saturated heterocycles. The number of ether oxygens (including phenoxy) is 1. The standard InChI is InChI=1S/C19H23FN2O2/c1-14-9-15(7-8-18(14)20)11-21-19(23)13-22(2)12-16-5-4-6-17(10-16)24-3/h4-10H,11-13H2,1-3H3,(H,21,23). The van der Waals surface area contributed by atoms with E-state index in [2.05, 4.69) is 5.32 Å². The Bertz CT molecular complexity index is 704. The van der Waals surface area contributed by atoms with E-state index in [-0.39, 0.29) is 18.3 Å². The van der Waals surface area contributed by atoms with Gasteiger partial charge in [0.2, 0.25) is 5.91 Å². The molecule has 0 aliphatic carbocycles. The summed E-state index contributed by atoms with van der Waals surface area (Å²) in [6.45, 7) is 3.05. The molecule has 0 atom stereocenters. The third-order valence-corrected chi connectivity index (χ3v) is 3.71. The van der Waals surface area contributed by atoms with Gasteiger partial charge >= 0.3 is 0 Å². The molecule has 2 aromatic rings. The summed E-state index contributed by atoms with van der Waals surface area (Å²) in [6, 6.07) is 12.6. The molecule has 2 aromatic carbocycles. The molecule has 0 fully saturated rings. The van der Waals surface area contributed by atoms with Crippen molar-refractivity contribution in [2.24, 2.45) is 0 Å². The summed E-state index contributed by atoms with van der Waals surface area (Å²) in [5.74, 6) is 0.502. The largest absolute Gasteiger partial charge is 0.497 e. The number of likely N-dealkylation sites (N-methyl/N-ethyl adjacent to an activating group) is 1. The second-order valence-corrected chi connectivity index (χ2v) is 5.88. The molecular weight excluding hydrogens is 307 g/mol. The summed E-state index contributed by atoms with van der Waals surface area (Å²) in [6.07, 6.45) is 0. The van der Waals surface area contributed by atoms with Crippen LogP contribution in [0.2, 0.25) is 0 Å². The Labute approximate surface area is 142 Å². The summed E-state index contributed by atoms with van der Waals surface area (Å²) in [5.41, 5.74) is 2.55. The summed E-state index contributed by atoms with van der Waals surface area (Å²) in [7, 11) is 3.52. The van der Waals surface area contributed by atoms with Gasteiger partial charge in [-0.25, -0.2) is 4.39 Å². The third-order valence-electron chi connectivity index (χ3n) is 3.71. The monoisotopic (exact) mass is 330 g/mol. The minimum absolute atomic E-state index is 0.0672. The van der Waals surface area contributed by atoms with Crippen molar-refractivity contribution in [1.29, 1.82) is 0 Å². The van der Waals surface area contributed by atoms with Crippen LogP contribution in [0.3, 0.4) is 0 Å². The molecule has 0 aliphatic rings. The highest BCUT2D eigenvalue weighted by atomic mass is 19.1. The minimum Gasteiger partial charge on any atom is -0.497 e. The molecule has 0 radical (unpaired) electrons. The fraction of sp³-hybridized carbons (Fsp3) is 0.316. The number of nitrogens with zero attached hydrogens (tertiary/aromatic N) is 1. The Morgan fingerprint density at radius 2 is 2.00 bits per heavy atom. The van der Waals surface area contributed by atoms with Crippen LogP contribution in [0, 0.1) is 12.7 Å². The minimum atomic E-state index is -0.233. The third kappa shape index (κ3) is 5.35. The van der Waals surface area contributed by atoms with Crippen molar-refractivity contribution in [2.75, 3.05) is 20.7 Å². The molecule has 0 aromatic heterocycles. The maximum absolute atomic E-state index is 13.2. The molecular formula is C19H23FN2O2. The topological polar surface area (TPSA) is 41.6 Å². The summed E-state index contributed by atoms with van der Waals surface area (Å²) in [5, 5.41) is 2.86. The number of benzene rings is 2. The van der Waals surface area contributed by atoms with Crippen molar-refractivity contribution < 1.29 is 13.9 Å². The Morgan fingerprint density at radius 1 is 1.21 bits per heavy atom. The number of rotatable bonds is 7. The zero-order chi connectivity index (χ0) is 17.5. The van der Waals surface area contributed by atoms with E-state index in [1.807, 2.05) is 36.2 Å². The second-order valence-electron chi connectivity index (χ2n) is 5.88. The summed E-state index contributed by atoms with van der Waals surface area (Å²) in [4.78, 5) is 14.0. The number of methoxy groups -OCH3 is 1. The highest BCUT2D eigenvalue weighted by Crippen LogP contribution is 2.13. The first-order chi connectivity index (χ1) is 11.5. The van der Waals surface area contributed by atoms with Gasteiger partial charge in [-0.05, 0) is 48.9 Å². The van der Waals surface area contributed by atoms with E-state index >= 15 is 0 Å². The van der Waals surface area contributed by atoms with Crippen LogP contribution < -0.4 is 10.1 Å². The van der Waals surface area contributed by atoms with Gasteiger partial charge in [-0.2, -0.15) is 0 Å². The molecule has 4 nitrogen and oxygen atoms in total. The molecule has 5 heteroatoms. The number of carbonyl (C=O) groups excluding carboxylic acids is 1. The number of nitrogens with one attached hydrogen (secondary N) is 1. The van der Waals surface area contributed by atoms with Gasteiger partial charge in [-0.3, -0.25) is 9.69 Å². The van der Waals surface area contributed by atoms with E-state index in [0.29, 0.717) is 18.7 Å². The highest BCUT2D eigenvalue weighted by molar-refractivity contribution is 5.77. The SMILES string of the molecule is COc1cccc(CN(C)CC(=O)NCc2ccc(F)c(C)c2)c1. The van der Waals surface area contributed by atoms with Crippen LogP contribution in [0.4, 0.5) is 4.39 Å². The molecule has 0 spiro atoms. The maximum atomic E-state index is 13.2. The van der Waals surface area contributed by atoms with E-state index in [9.17, 15) is 9.18 Å². The quantitative estimate of drug-likeness (QED) is 0.849. The van der Waals surface area contributed by atoms with E-state index in [0.717, 1.165) is 16.9 Å². The highest BCUT2D eigenvalue weighted by Gasteiger charge is 2.08. The van der Waals surface area contributed by atoms with Gasteiger partial charge in [0.05, 0.1) is 13.7 Å². The number of hydrogen-bond donors (Lipinski definition) is 1. The maximum Gasteiger partial charge on any atom is 0.234 e. The van der Waals surface area contributed by atoms with Crippen molar-refractivity contribution in [1.82, 2.24) is 10.2 Å². The lowest BCUT2D eigenvalue weighted by molar-refractivity contribution is -0.122. The van der Waals surface area contributed by atoms with Crippen LogP contribution in [0.15, 0.2) is 42.5 Å². The normalized spacial score (nSPS) is 10.7. The average molecular weight is 330 g/mol. The van der Waals surface area contributed by atoms with E-state index in [4.69, 9.17) is 4.74 Å². The second kappa shape index (κ2) is 8.45. The van der Waals surface area contributed by atoms with Crippen molar-refractivity contribution in [3.05, 3.63) is 65.0 Å². The van der Waals surface area contributed by atoms with Crippen LogP contribution in [0.1, 0.15) is 16.7 Å². The van der Waals surface area contributed by atoms with Crippen molar-refractivity contribution in [3.63, 3.8) is 0 Å². The average Bonchev–Trinajstić information content (AvgIpc) is 2.56. The molecule has 0 unspecified atom stereocenters. The van der Waals surface area contributed by atoms with Crippen molar-refractivity contribution in [2.45, 2.75) is 20.0 Å². The Hall–Kier alpha value is -2.40. The molecule has 0 aliphatic heterocycles. The molecule has 24 heavy (non-hydrogen) atoms. The van der Waals surface area contributed by atoms with Gasteiger partial charge in [0.25, 0.3) is 0 Å². The predicted molar refractivity (Wildman–Crippen MR) is 92.3 cm³/mol. The van der Waals surface area contributed by atoms with Crippen molar-refractivity contribution in [3.8, 4) is 5.75 Å². The first-order valence-electron chi connectivity index (χ1n) is 7.81. The summed E-state index contributed by atoms with van der Waals surface area (Å²) >= 11 is 0. The first-order valence-corrected chi connectivity index (χ1v) is 7.81. The smallest absolute Gasteiger partial charge is 0.234 e. The van der Waals surface area contributed by atoms with Gasteiger partial charge in [0.15, 0.2) is 0 Å². The Balaban J connectivity index is 1.81. The predicted octanol–water partition coefficient (Wildman–Crippen LogP) is 2.89. The number of hydrogen-bond acceptors (Lipinski definition) is 3. The zero-order valence-corrected chi connectivity index (χ0v) is 14.3. The fourth-order valence-electron chi connectivity index (χ4n) is 2.46. The molecule has 2 rings (SSSR count). The molecule has 0 heterocycles. The number of carbonyl (C=O) groups is 1. The van der Waals surface area contributed by atoms with Gasteiger partial charge < -0.3 is 10.1 Å².